The van der Waals surface area contributed by atoms with E-state index < -0.39 is 23.8 Å². The number of hydrogen-bond donors (Lipinski definition) is 3. The number of carbonyl (C=O) groups excluding carboxylic acids is 1. The van der Waals surface area contributed by atoms with Crippen LogP contribution >= 0.6 is 0 Å². The van der Waals surface area contributed by atoms with Crippen LogP contribution in [0.4, 0.5) is 4.79 Å². The lowest BCUT2D eigenvalue weighted by Gasteiger charge is -2.59. The van der Waals surface area contributed by atoms with Gasteiger partial charge in [0.15, 0.2) is 0 Å². The normalized spacial score (nSPS) is 25.9. The minimum absolute atomic E-state index is 0.0918. The Balaban J connectivity index is 1.71. The van der Waals surface area contributed by atoms with Crippen molar-refractivity contribution >= 4 is 11.8 Å². The molecule has 4 aliphatic rings. The monoisotopic (exact) mass is 769 g/mol. The van der Waals surface area contributed by atoms with E-state index in [1.165, 1.54) is 0 Å². The molecule has 2 fully saturated rings. The number of hydrogen-bond acceptors (Lipinski definition) is 12. The van der Waals surface area contributed by atoms with Crippen molar-refractivity contribution in [3.05, 3.63) is 60.7 Å². The molecular weight excluding hydrogens is 706 g/mol. The van der Waals surface area contributed by atoms with Crippen molar-refractivity contribution in [3.63, 3.8) is 0 Å². The summed E-state index contributed by atoms with van der Waals surface area (Å²) in [5.74, 6) is -0.403. The SMILES string of the molecule is C=CCCOC(=O)N(CCOCCO)C1CC(=NOCC)C2=CC(CCCCO)C(CCCCO)C3c4cc(OCCN5CC5)ccc4OC1(OCC=C)C23. The van der Waals surface area contributed by atoms with E-state index in [4.69, 9.17) is 33.7 Å². The summed E-state index contributed by atoms with van der Waals surface area (Å²) in [6, 6.07) is 5.26. The van der Waals surface area contributed by atoms with Crippen LogP contribution in [0.25, 0.3) is 0 Å². The van der Waals surface area contributed by atoms with E-state index in [-0.39, 0.29) is 77.0 Å². The molecule has 13 nitrogen and oxygen atoms in total. The number of allylic oxidation sites excluding steroid dienone is 1. The number of unbranched alkanes of at least 4 members (excludes halogenated alkanes) is 2. The van der Waals surface area contributed by atoms with Crippen LogP contribution in [-0.4, -0.2) is 134 Å². The Morgan fingerprint density at radius 2 is 1.84 bits per heavy atom. The number of fused-ring (bicyclic) bond motifs is 2. The molecule has 1 saturated carbocycles. The number of rotatable bonds is 26. The summed E-state index contributed by atoms with van der Waals surface area (Å²) in [6.45, 7) is 14.4. The molecule has 3 N–H and O–H groups in total. The highest BCUT2D eigenvalue weighted by Gasteiger charge is 2.65. The van der Waals surface area contributed by atoms with Gasteiger partial charge in [-0.2, -0.15) is 0 Å². The molecule has 1 saturated heterocycles. The molecule has 0 bridgehead atoms. The maximum atomic E-state index is 14.2. The summed E-state index contributed by atoms with van der Waals surface area (Å²) in [7, 11) is 0. The number of oxime groups is 1. The van der Waals surface area contributed by atoms with Gasteiger partial charge >= 0.3 is 6.09 Å². The second kappa shape index (κ2) is 21.7. The van der Waals surface area contributed by atoms with E-state index in [2.05, 4.69) is 30.2 Å². The molecule has 6 unspecified atom stereocenters. The molecular formula is C42H63N3O10. The van der Waals surface area contributed by atoms with E-state index in [9.17, 15) is 20.1 Å². The lowest BCUT2D eigenvalue weighted by Crippen LogP contribution is -2.70. The van der Waals surface area contributed by atoms with Gasteiger partial charge in [-0.25, -0.2) is 4.79 Å². The van der Waals surface area contributed by atoms with Gasteiger partial charge in [0.25, 0.3) is 0 Å². The van der Waals surface area contributed by atoms with Gasteiger partial charge in [-0.3, -0.25) is 9.80 Å². The first kappa shape index (κ1) is 42.7. The smallest absolute Gasteiger partial charge is 0.410 e. The fourth-order valence-corrected chi connectivity index (χ4v) is 8.48. The van der Waals surface area contributed by atoms with Gasteiger partial charge in [-0.15, -0.1) is 13.2 Å². The van der Waals surface area contributed by atoms with Gasteiger partial charge in [-0.05, 0) is 74.6 Å². The first-order chi connectivity index (χ1) is 27.0. The Hall–Kier alpha value is -3.46. The van der Waals surface area contributed by atoms with Crippen LogP contribution in [-0.2, 0) is 19.0 Å². The van der Waals surface area contributed by atoms with E-state index in [0.717, 1.165) is 62.2 Å². The highest BCUT2D eigenvalue weighted by molar-refractivity contribution is 6.02. The Bertz CT molecular complexity index is 1450. The molecule has 0 radical (unpaired) electrons. The number of benzene rings is 1. The summed E-state index contributed by atoms with van der Waals surface area (Å²) in [5.41, 5.74) is 2.67. The van der Waals surface area contributed by atoms with Gasteiger partial charge in [0.05, 0.1) is 44.7 Å². The van der Waals surface area contributed by atoms with Crippen molar-refractivity contribution < 1.29 is 48.6 Å². The van der Waals surface area contributed by atoms with Crippen LogP contribution in [0.2, 0.25) is 0 Å². The van der Waals surface area contributed by atoms with Gasteiger partial charge in [0.1, 0.15) is 30.8 Å². The van der Waals surface area contributed by atoms with E-state index in [1.54, 1.807) is 17.1 Å². The number of ether oxygens (including phenoxy) is 5. The highest BCUT2D eigenvalue weighted by Crippen LogP contribution is 2.62. The number of nitrogens with zero attached hydrogens (tertiary/aromatic N) is 3. The van der Waals surface area contributed by atoms with Crippen molar-refractivity contribution in [1.82, 2.24) is 9.80 Å². The molecule has 0 spiro atoms. The Kier molecular flexibility index (Phi) is 16.9. The zero-order valence-electron chi connectivity index (χ0n) is 32.7. The third-order valence-corrected chi connectivity index (χ3v) is 11.0. The number of carbonyl (C=O) groups is 1. The van der Waals surface area contributed by atoms with Gasteiger partial charge in [0, 0.05) is 57.3 Å². The topological polar surface area (TPSA) is 152 Å². The van der Waals surface area contributed by atoms with Crippen LogP contribution < -0.4 is 9.47 Å². The summed E-state index contributed by atoms with van der Waals surface area (Å²) in [4.78, 5) is 24.0. The molecule has 13 heteroatoms. The van der Waals surface area contributed by atoms with Crippen LogP contribution in [0, 0.1) is 17.8 Å². The molecule has 2 heterocycles. The summed E-state index contributed by atoms with van der Waals surface area (Å²) in [6.07, 6.45) is 10.6. The Morgan fingerprint density at radius 3 is 2.55 bits per heavy atom. The summed E-state index contributed by atoms with van der Waals surface area (Å²) in [5, 5.41) is 33.8. The third kappa shape index (κ3) is 10.7. The summed E-state index contributed by atoms with van der Waals surface area (Å²) < 4.78 is 32.1. The zero-order valence-corrected chi connectivity index (χ0v) is 32.7. The molecule has 306 valence electrons. The van der Waals surface area contributed by atoms with Crippen molar-refractivity contribution in [2.45, 2.75) is 76.0 Å². The van der Waals surface area contributed by atoms with Crippen molar-refractivity contribution in [3.8, 4) is 11.5 Å². The summed E-state index contributed by atoms with van der Waals surface area (Å²) >= 11 is 0. The molecule has 5 rings (SSSR count). The highest BCUT2D eigenvalue weighted by atomic mass is 16.7. The molecule has 6 atom stereocenters. The molecule has 0 aromatic heterocycles. The lowest BCUT2D eigenvalue weighted by atomic mass is 9.55. The largest absolute Gasteiger partial charge is 0.492 e. The van der Waals surface area contributed by atoms with Crippen molar-refractivity contribution in [2.75, 3.05) is 85.6 Å². The predicted octanol–water partition coefficient (Wildman–Crippen LogP) is 5.06. The van der Waals surface area contributed by atoms with Crippen LogP contribution in [0.15, 0.2) is 60.3 Å². The minimum Gasteiger partial charge on any atom is -0.492 e. The average molecular weight is 770 g/mol. The van der Waals surface area contributed by atoms with Gasteiger partial charge in [-0.1, -0.05) is 36.2 Å². The third-order valence-electron chi connectivity index (χ3n) is 11.0. The second-order valence-corrected chi connectivity index (χ2v) is 14.6. The van der Waals surface area contributed by atoms with E-state index in [1.807, 2.05) is 19.1 Å². The predicted molar refractivity (Wildman–Crippen MR) is 209 cm³/mol. The first-order valence-corrected chi connectivity index (χ1v) is 20.2. The fraction of sp³-hybridized carbons (Fsp3) is 0.667. The number of aliphatic hydroxyl groups excluding tert-OH is 3. The van der Waals surface area contributed by atoms with Crippen LogP contribution in [0.3, 0.4) is 0 Å². The van der Waals surface area contributed by atoms with Crippen LogP contribution in [0.5, 0.6) is 11.5 Å². The molecule has 1 amide bonds. The average Bonchev–Trinajstić information content (AvgIpc) is 4.02. The number of aliphatic hydroxyl groups is 3. The zero-order chi connectivity index (χ0) is 39.0. The quantitative estimate of drug-likeness (QED) is 0.0502. The molecule has 1 aromatic rings. The van der Waals surface area contributed by atoms with E-state index >= 15 is 0 Å². The van der Waals surface area contributed by atoms with Crippen molar-refractivity contribution in [2.24, 2.45) is 22.9 Å². The first-order valence-electron chi connectivity index (χ1n) is 20.2. The van der Waals surface area contributed by atoms with Crippen LogP contribution in [0.1, 0.15) is 69.8 Å². The van der Waals surface area contributed by atoms with Gasteiger partial charge < -0.3 is 43.8 Å². The minimum atomic E-state index is -1.41. The number of amides is 1. The Morgan fingerprint density at radius 1 is 1.04 bits per heavy atom. The van der Waals surface area contributed by atoms with Crippen molar-refractivity contribution in [1.29, 1.82) is 0 Å². The molecule has 2 aliphatic carbocycles. The lowest BCUT2D eigenvalue weighted by molar-refractivity contribution is -0.256. The maximum absolute atomic E-state index is 14.2. The standard InChI is InChI=1S/C42H63N3O10/c1-4-7-24-52-41(49)45(19-25-50-27-22-48)38-30-36(43-54-6-3)34-28-31(12-8-10-20-46)33(13-9-11-21-47)39-35-29-32(51-26-18-44-16-17-44)14-15-37(35)55-42(38,40(34)39)53-23-5-2/h4-5,14-15,28-29,31,33,38-40,46-48H,1-2,6-13,16-27,30H2,3H3. The molecule has 2 aliphatic heterocycles. The Labute approximate surface area is 326 Å². The van der Waals surface area contributed by atoms with E-state index in [0.29, 0.717) is 43.9 Å². The molecule has 55 heavy (non-hydrogen) atoms. The fourth-order valence-electron chi connectivity index (χ4n) is 8.48. The van der Waals surface area contributed by atoms with Gasteiger partial charge in [0.2, 0.25) is 5.79 Å². The molecule has 1 aromatic carbocycles. The second-order valence-electron chi connectivity index (χ2n) is 14.6. The maximum Gasteiger partial charge on any atom is 0.410 e.